The highest BCUT2D eigenvalue weighted by molar-refractivity contribution is 6.07. The number of para-hydroxylation sites is 1. The molecule has 1 aromatic heterocycles. The molecule has 0 atom stereocenters. The lowest BCUT2D eigenvalue weighted by atomic mass is 10.0. The minimum atomic E-state index is -0.716. The maximum absolute atomic E-state index is 14.2. The molecule has 0 unspecified atom stereocenters. The molecule has 0 bridgehead atoms. The summed E-state index contributed by atoms with van der Waals surface area (Å²) in [4.78, 5) is 18.9. The number of hydrogen-bond donors (Lipinski definition) is 1. The lowest BCUT2D eigenvalue weighted by molar-refractivity contribution is 0.0952. The van der Waals surface area contributed by atoms with Gasteiger partial charge in [0.25, 0.3) is 5.91 Å². The number of nitrogens with zero attached hydrogens (tertiary/aromatic N) is 2. The van der Waals surface area contributed by atoms with Crippen molar-refractivity contribution in [3.05, 3.63) is 65.7 Å². The number of likely N-dealkylation sites (N-methyl/N-ethyl adjacent to an activating group) is 1. The quantitative estimate of drug-likeness (QED) is 0.762. The van der Waals surface area contributed by atoms with Gasteiger partial charge in [-0.3, -0.25) is 4.79 Å². The molecule has 0 saturated carbocycles. The first-order valence-corrected chi connectivity index (χ1v) is 8.24. The highest BCUT2D eigenvalue weighted by Crippen LogP contribution is 2.28. The second-order valence-corrected chi connectivity index (χ2v) is 6.23. The number of rotatable bonds is 5. The van der Waals surface area contributed by atoms with E-state index < -0.39 is 11.6 Å². The number of carbonyl (C=O) groups excluding carboxylic acids is 1. The Labute approximate surface area is 150 Å². The van der Waals surface area contributed by atoms with Crippen LogP contribution in [0.3, 0.4) is 0 Å². The highest BCUT2D eigenvalue weighted by Gasteiger charge is 2.18. The number of aromatic nitrogens is 1. The average molecular weight is 355 g/mol. The van der Waals surface area contributed by atoms with Crippen molar-refractivity contribution < 1.29 is 13.6 Å². The summed E-state index contributed by atoms with van der Waals surface area (Å²) < 4.78 is 28.3. The van der Waals surface area contributed by atoms with E-state index in [2.05, 4.69) is 10.3 Å². The molecule has 134 valence electrons. The number of pyridine rings is 1. The predicted octanol–water partition coefficient (Wildman–Crippen LogP) is 3.47. The molecule has 2 aromatic carbocycles. The second-order valence-electron chi connectivity index (χ2n) is 6.23. The number of carbonyl (C=O) groups is 1. The van der Waals surface area contributed by atoms with Gasteiger partial charge in [-0.1, -0.05) is 24.3 Å². The molecular weight excluding hydrogens is 336 g/mol. The van der Waals surface area contributed by atoms with Crippen LogP contribution in [0, 0.1) is 11.6 Å². The molecule has 0 aliphatic rings. The number of benzene rings is 2. The van der Waals surface area contributed by atoms with Crippen LogP contribution in [0.5, 0.6) is 0 Å². The van der Waals surface area contributed by atoms with Gasteiger partial charge in [0, 0.05) is 18.5 Å². The third-order valence-corrected chi connectivity index (χ3v) is 4.02. The Morgan fingerprint density at radius 1 is 1.08 bits per heavy atom. The van der Waals surface area contributed by atoms with Gasteiger partial charge >= 0.3 is 0 Å². The van der Waals surface area contributed by atoms with Crippen molar-refractivity contribution in [3.63, 3.8) is 0 Å². The van der Waals surface area contributed by atoms with Crippen LogP contribution >= 0.6 is 0 Å². The van der Waals surface area contributed by atoms with Crippen molar-refractivity contribution in [2.24, 2.45) is 0 Å². The first-order chi connectivity index (χ1) is 12.5. The molecule has 3 rings (SSSR count). The number of nitrogens with one attached hydrogen (secondary N) is 1. The van der Waals surface area contributed by atoms with Crippen LogP contribution in [0.15, 0.2) is 48.5 Å². The van der Waals surface area contributed by atoms with Gasteiger partial charge in [0.2, 0.25) is 0 Å². The van der Waals surface area contributed by atoms with Crippen LogP contribution in [-0.2, 0) is 0 Å². The maximum atomic E-state index is 14.2. The molecule has 6 heteroatoms. The van der Waals surface area contributed by atoms with Crippen molar-refractivity contribution in [3.8, 4) is 11.3 Å². The third-order valence-electron chi connectivity index (χ3n) is 4.02. The fraction of sp³-hybridized carbons (Fsp3) is 0.200. The Morgan fingerprint density at radius 2 is 1.77 bits per heavy atom. The average Bonchev–Trinajstić information content (AvgIpc) is 2.60. The summed E-state index contributed by atoms with van der Waals surface area (Å²) in [7, 11) is 3.82. The summed E-state index contributed by atoms with van der Waals surface area (Å²) in [6, 6.07) is 12.1. The van der Waals surface area contributed by atoms with Gasteiger partial charge < -0.3 is 10.2 Å². The Morgan fingerprint density at radius 3 is 2.46 bits per heavy atom. The van der Waals surface area contributed by atoms with Crippen LogP contribution in [-0.4, -0.2) is 43.0 Å². The van der Waals surface area contributed by atoms with Gasteiger partial charge in [-0.2, -0.15) is 0 Å². The van der Waals surface area contributed by atoms with Gasteiger partial charge in [0.1, 0.15) is 11.6 Å². The van der Waals surface area contributed by atoms with Crippen molar-refractivity contribution >= 4 is 16.8 Å². The van der Waals surface area contributed by atoms with Crippen molar-refractivity contribution in [2.75, 3.05) is 27.2 Å². The van der Waals surface area contributed by atoms with E-state index in [0.29, 0.717) is 29.6 Å². The van der Waals surface area contributed by atoms with E-state index in [1.165, 1.54) is 24.3 Å². The minimum absolute atomic E-state index is 0.0945. The fourth-order valence-corrected chi connectivity index (χ4v) is 2.72. The maximum Gasteiger partial charge on any atom is 0.252 e. The molecular formula is C20H19F2N3O. The highest BCUT2D eigenvalue weighted by atomic mass is 19.1. The topological polar surface area (TPSA) is 45.2 Å². The molecule has 0 radical (unpaired) electrons. The molecule has 0 saturated heterocycles. The summed E-state index contributed by atoms with van der Waals surface area (Å²) in [5.74, 6) is -1.73. The second kappa shape index (κ2) is 7.58. The number of amides is 1. The van der Waals surface area contributed by atoms with Crippen LogP contribution in [0.1, 0.15) is 10.4 Å². The van der Waals surface area contributed by atoms with Gasteiger partial charge in [0.05, 0.1) is 22.3 Å². The molecule has 0 aliphatic heterocycles. The van der Waals surface area contributed by atoms with Gasteiger partial charge in [-0.15, -0.1) is 0 Å². The Balaban J connectivity index is 2.09. The lowest BCUT2D eigenvalue weighted by Crippen LogP contribution is -2.31. The predicted molar refractivity (Wildman–Crippen MR) is 98.0 cm³/mol. The fourth-order valence-electron chi connectivity index (χ4n) is 2.72. The van der Waals surface area contributed by atoms with Crippen LogP contribution in [0.2, 0.25) is 0 Å². The SMILES string of the molecule is CN(C)CCNC(=O)c1cc(-c2c(F)cccc2F)nc2ccccc12. The lowest BCUT2D eigenvalue weighted by Gasteiger charge is -2.13. The molecule has 4 nitrogen and oxygen atoms in total. The van der Waals surface area contributed by atoms with Crippen LogP contribution < -0.4 is 5.32 Å². The Bertz CT molecular complexity index is 937. The summed E-state index contributed by atoms with van der Waals surface area (Å²) in [5, 5.41) is 3.47. The molecule has 0 aliphatic carbocycles. The minimum Gasteiger partial charge on any atom is -0.351 e. The zero-order valence-corrected chi connectivity index (χ0v) is 14.6. The van der Waals surface area contributed by atoms with E-state index in [1.807, 2.05) is 19.0 Å². The first-order valence-electron chi connectivity index (χ1n) is 8.24. The van der Waals surface area contributed by atoms with Gasteiger partial charge in [0.15, 0.2) is 0 Å². The zero-order valence-electron chi connectivity index (χ0n) is 14.6. The summed E-state index contributed by atoms with van der Waals surface area (Å²) in [6.45, 7) is 1.15. The smallest absolute Gasteiger partial charge is 0.252 e. The van der Waals surface area contributed by atoms with E-state index >= 15 is 0 Å². The normalized spacial score (nSPS) is 11.1. The largest absolute Gasteiger partial charge is 0.351 e. The summed E-state index contributed by atoms with van der Waals surface area (Å²) in [6.07, 6.45) is 0. The van der Waals surface area contributed by atoms with E-state index in [1.54, 1.807) is 24.3 Å². The van der Waals surface area contributed by atoms with E-state index in [0.717, 1.165) is 0 Å². The third kappa shape index (κ3) is 3.70. The first kappa shape index (κ1) is 17.9. The molecule has 0 fully saturated rings. The molecule has 26 heavy (non-hydrogen) atoms. The number of hydrogen-bond acceptors (Lipinski definition) is 3. The van der Waals surface area contributed by atoms with E-state index in [4.69, 9.17) is 0 Å². The van der Waals surface area contributed by atoms with E-state index in [-0.39, 0.29) is 17.2 Å². The van der Waals surface area contributed by atoms with Gasteiger partial charge in [-0.25, -0.2) is 13.8 Å². The summed E-state index contributed by atoms with van der Waals surface area (Å²) >= 11 is 0. The molecule has 1 amide bonds. The van der Waals surface area contributed by atoms with Crippen molar-refractivity contribution in [1.29, 1.82) is 0 Å². The van der Waals surface area contributed by atoms with E-state index in [9.17, 15) is 13.6 Å². The van der Waals surface area contributed by atoms with Crippen LogP contribution in [0.25, 0.3) is 22.2 Å². The number of fused-ring (bicyclic) bond motifs is 1. The van der Waals surface area contributed by atoms with Gasteiger partial charge in [-0.05, 0) is 38.4 Å². The molecule has 3 aromatic rings. The van der Waals surface area contributed by atoms with Crippen molar-refractivity contribution in [2.45, 2.75) is 0 Å². The zero-order chi connectivity index (χ0) is 18.7. The summed E-state index contributed by atoms with van der Waals surface area (Å²) in [5.41, 5.74) is 0.704. The monoisotopic (exact) mass is 355 g/mol. The standard InChI is InChI=1S/C20H19F2N3O/c1-25(2)11-10-23-20(26)14-12-18(19-15(21)7-5-8-16(19)22)24-17-9-4-3-6-13(14)17/h3-9,12H,10-11H2,1-2H3,(H,23,26). The van der Waals surface area contributed by atoms with Crippen molar-refractivity contribution in [1.82, 2.24) is 15.2 Å². The number of halogens is 2. The Hall–Kier alpha value is -2.86. The van der Waals surface area contributed by atoms with Crippen LogP contribution in [0.4, 0.5) is 8.78 Å². The molecule has 1 N–H and O–H groups in total. The molecule has 0 spiro atoms. The molecule has 1 heterocycles. The Kier molecular flexibility index (Phi) is 5.23.